The van der Waals surface area contributed by atoms with Gasteiger partial charge in [0.2, 0.25) is 10.0 Å². The fourth-order valence-electron chi connectivity index (χ4n) is 3.85. The predicted molar refractivity (Wildman–Crippen MR) is 122 cm³/mol. The molecule has 2 fully saturated rings. The lowest BCUT2D eigenvalue weighted by molar-refractivity contribution is 0.245. The van der Waals surface area contributed by atoms with Crippen molar-refractivity contribution in [1.82, 2.24) is 19.8 Å². The number of guanidine groups is 1. The van der Waals surface area contributed by atoms with Crippen LogP contribution in [0.4, 0.5) is 0 Å². The van der Waals surface area contributed by atoms with Gasteiger partial charge in [0.15, 0.2) is 5.96 Å². The molecule has 2 aliphatic heterocycles. The molecule has 1 unspecified atom stereocenters. The maximum Gasteiger partial charge on any atom is 0.215 e. The van der Waals surface area contributed by atoms with Crippen molar-refractivity contribution in [1.29, 1.82) is 0 Å². The summed E-state index contributed by atoms with van der Waals surface area (Å²) >= 11 is 1.81. The molecule has 7 nitrogen and oxygen atoms in total. The van der Waals surface area contributed by atoms with E-state index < -0.39 is 10.0 Å². The van der Waals surface area contributed by atoms with Crippen molar-refractivity contribution in [2.45, 2.75) is 18.9 Å². The number of aliphatic imine (C=N–C) groups is 1. The Bertz CT molecular complexity index is 745. The summed E-state index contributed by atoms with van der Waals surface area (Å²) in [4.78, 5) is 6.78. The minimum absolute atomic E-state index is 0.0899. The molecule has 0 bridgehead atoms. The Hall–Kier alpha value is -1.29. The van der Waals surface area contributed by atoms with Crippen LogP contribution in [0, 0.1) is 0 Å². The van der Waals surface area contributed by atoms with E-state index >= 15 is 0 Å². The normalized spacial score (nSPS) is 20.5. The van der Waals surface area contributed by atoms with Crippen LogP contribution in [0.25, 0.3) is 0 Å². The van der Waals surface area contributed by atoms with Gasteiger partial charge in [0, 0.05) is 44.7 Å². The maximum atomic E-state index is 12.5. The van der Waals surface area contributed by atoms with Gasteiger partial charge in [-0.3, -0.25) is 9.89 Å². The van der Waals surface area contributed by atoms with Crippen LogP contribution < -0.4 is 10.6 Å². The summed E-state index contributed by atoms with van der Waals surface area (Å²) in [6, 6.07) is 10.8. The van der Waals surface area contributed by atoms with E-state index in [4.69, 9.17) is 0 Å². The highest BCUT2D eigenvalue weighted by molar-refractivity contribution is 7.99. The van der Waals surface area contributed by atoms with Gasteiger partial charge in [-0.25, -0.2) is 12.7 Å². The van der Waals surface area contributed by atoms with Gasteiger partial charge in [0.1, 0.15) is 0 Å². The number of nitrogens with zero attached hydrogens (tertiary/aromatic N) is 3. The molecule has 2 saturated heterocycles. The Morgan fingerprint density at radius 2 is 1.79 bits per heavy atom. The van der Waals surface area contributed by atoms with Crippen LogP contribution in [-0.4, -0.2) is 87.2 Å². The number of likely N-dealkylation sites (tertiary alicyclic amines) is 1. The first kappa shape index (κ1) is 22.4. The molecule has 0 spiro atoms. The maximum absolute atomic E-state index is 12.5. The van der Waals surface area contributed by atoms with E-state index in [9.17, 15) is 8.42 Å². The van der Waals surface area contributed by atoms with E-state index in [0.29, 0.717) is 25.6 Å². The highest BCUT2D eigenvalue weighted by Gasteiger charge is 2.25. The summed E-state index contributed by atoms with van der Waals surface area (Å²) in [5.41, 5.74) is 1.29. The molecule has 0 amide bonds. The first-order valence-electron chi connectivity index (χ1n) is 10.4. The van der Waals surface area contributed by atoms with Crippen molar-refractivity contribution < 1.29 is 8.42 Å². The molecule has 1 aromatic carbocycles. The summed E-state index contributed by atoms with van der Waals surface area (Å²) in [7, 11) is -1.49. The minimum atomic E-state index is -3.21. The van der Waals surface area contributed by atoms with Gasteiger partial charge in [-0.15, -0.1) is 0 Å². The third-order valence-corrected chi connectivity index (χ3v) is 8.28. The lowest BCUT2D eigenvalue weighted by Crippen LogP contribution is -2.46. The molecule has 29 heavy (non-hydrogen) atoms. The van der Waals surface area contributed by atoms with E-state index in [0.717, 1.165) is 31.1 Å². The van der Waals surface area contributed by atoms with Crippen LogP contribution in [0.1, 0.15) is 24.4 Å². The summed E-state index contributed by atoms with van der Waals surface area (Å²) in [5.74, 6) is 2.50. The first-order chi connectivity index (χ1) is 14.1. The van der Waals surface area contributed by atoms with Crippen LogP contribution >= 0.6 is 11.8 Å². The molecule has 0 saturated carbocycles. The monoisotopic (exact) mass is 439 g/mol. The number of hydrogen-bond acceptors (Lipinski definition) is 5. The van der Waals surface area contributed by atoms with Crippen molar-refractivity contribution in [3.8, 4) is 0 Å². The van der Waals surface area contributed by atoms with Crippen LogP contribution in [0.3, 0.4) is 0 Å². The van der Waals surface area contributed by atoms with E-state index in [-0.39, 0.29) is 11.8 Å². The Labute approximate surface area is 179 Å². The second-order valence-corrected chi connectivity index (χ2v) is 10.7. The summed E-state index contributed by atoms with van der Waals surface area (Å²) < 4.78 is 26.6. The van der Waals surface area contributed by atoms with Crippen LogP contribution in [0.2, 0.25) is 0 Å². The highest BCUT2D eigenvalue weighted by Crippen LogP contribution is 2.24. The molecule has 1 aromatic rings. The van der Waals surface area contributed by atoms with Crippen molar-refractivity contribution in [3.05, 3.63) is 35.9 Å². The largest absolute Gasteiger partial charge is 0.355 e. The molecule has 2 heterocycles. The number of thioether (sulfide) groups is 1. The van der Waals surface area contributed by atoms with Gasteiger partial charge in [0.25, 0.3) is 0 Å². The second kappa shape index (κ2) is 11.2. The molecule has 1 atom stereocenters. The first-order valence-corrected chi connectivity index (χ1v) is 13.2. The zero-order valence-electron chi connectivity index (χ0n) is 17.2. The SMILES string of the molecule is CN=C(NCCS(=O)(=O)N1CCSCC1)NCC(c1ccccc1)N1CCCC1. The van der Waals surface area contributed by atoms with E-state index in [1.165, 1.54) is 18.4 Å². The van der Waals surface area contributed by atoms with Crippen molar-refractivity contribution in [3.63, 3.8) is 0 Å². The lowest BCUT2D eigenvalue weighted by atomic mass is 10.1. The van der Waals surface area contributed by atoms with Crippen molar-refractivity contribution in [2.24, 2.45) is 4.99 Å². The number of rotatable bonds is 8. The zero-order valence-corrected chi connectivity index (χ0v) is 18.8. The Kier molecular flexibility index (Phi) is 8.65. The second-order valence-electron chi connectivity index (χ2n) is 7.38. The molecule has 3 rings (SSSR count). The van der Waals surface area contributed by atoms with Gasteiger partial charge < -0.3 is 10.6 Å². The summed E-state index contributed by atoms with van der Waals surface area (Å²) in [6.07, 6.45) is 2.48. The molecular formula is C20H33N5O2S2. The van der Waals surface area contributed by atoms with E-state index in [2.05, 4.69) is 44.8 Å². The van der Waals surface area contributed by atoms with Crippen LogP contribution in [0.15, 0.2) is 35.3 Å². The topological polar surface area (TPSA) is 77.0 Å². The Morgan fingerprint density at radius 1 is 1.10 bits per heavy atom. The molecule has 2 aliphatic rings. The van der Waals surface area contributed by atoms with Gasteiger partial charge >= 0.3 is 0 Å². The average molecular weight is 440 g/mol. The zero-order chi connectivity index (χ0) is 20.5. The van der Waals surface area contributed by atoms with E-state index in [1.54, 1.807) is 11.4 Å². The minimum Gasteiger partial charge on any atom is -0.355 e. The summed E-state index contributed by atoms with van der Waals surface area (Å²) in [6.45, 7) is 4.55. The number of benzene rings is 1. The fraction of sp³-hybridized carbons (Fsp3) is 0.650. The quantitative estimate of drug-likeness (QED) is 0.471. The molecule has 0 aliphatic carbocycles. The van der Waals surface area contributed by atoms with Gasteiger partial charge in [0.05, 0.1) is 11.8 Å². The smallest absolute Gasteiger partial charge is 0.215 e. The number of nitrogens with one attached hydrogen (secondary N) is 2. The molecule has 9 heteroatoms. The highest BCUT2D eigenvalue weighted by atomic mass is 32.2. The van der Waals surface area contributed by atoms with Gasteiger partial charge in [-0.05, 0) is 31.5 Å². The predicted octanol–water partition coefficient (Wildman–Crippen LogP) is 1.37. The number of hydrogen-bond donors (Lipinski definition) is 2. The van der Waals surface area contributed by atoms with Gasteiger partial charge in [-0.1, -0.05) is 30.3 Å². The Morgan fingerprint density at radius 3 is 2.45 bits per heavy atom. The molecule has 2 N–H and O–H groups in total. The molecule has 162 valence electrons. The average Bonchev–Trinajstić information content (AvgIpc) is 3.28. The molecule has 0 aromatic heterocycles. The van der Waals surface area contributed by atoms with E-state index in [1.807, 2.05) is 17.8 Å². The molecule has 0 radical (unpaired) electrons. The van der Waals surface area contributed by atoms with Crippen molar-refractivity contribution in [2.75, 3.05) is 63.6 Å². The molecular weight excluding hydrogens is 406 g/mol. The lowest BCUT2D eigenvalue weighted by Gasteiger charge is -2.29. The fourth-order valence-corrected chi connectivity index (χ4v) is 6.34. The van der Waals surface area contributed by atoms with Crippen molar-refractivity contribution >= 4 is 27.7 Å². The van der Waals surface area contributed by atoms with Crippen LogP contribution in [-0.2, 0) is 10.0 Å². The third-order valence-electron chi connectivity index (χ3n) is 5.47. The van der Waals surface area contributed by atoms with Crippen LogP contribution in [0.5, 0.6) is 0 Å². The Balaban J connectivity index is 1.50. The third kappa shape index (κ3) is 6.60. The number of sulfonamides is 1. The standard InChI is InChI=1S/C20H33N5O2S2/c1-21-20(22-9-16-29(26,27)25-12-14-28-15-13-25)23-17-19(24-10-5-6-11-24)18-7-3-2-4-8-18/h2-4,7-8,19H,5-6,9-17H2,1H3,(H2,21,22,23). The van der Waals surface area contributed by atoms with Gasteiger partial charge in [-0.2, -0.15) is 11.8 Å². The summed E-state index contributed by atoms with van der Waals surface area (Å²) in [5, 5.41) is 6.57.